The summed E-state index contributed by atoms with van der Waals surface area (Å²) in [5.41, 5.74) is 2.19. The van der Waals surface area contributed by atoms with Crippen LogP contribution >= 0.6 is 11.6 Å². The number of methoxy groups -OCH3 is 1. The molecule has 7 heteroatoms. The van der Waals surface area contributed by atoms with Crippen LogP contribution in [0.3, 0.4) is 0 Å². The fourth-order valence-corrected chi connectivity index (χ4v) is 5.07. The fourth-order valence-electron chi connectivity index (χ4n) is 3.36. The second-order valence-corrected chi connectivity index (χ2v) is 8.81. The third-order valence-corrected chi connectivity index (χ3v) is 6.87. The maximum Gasteiger partial charge on any atom is 0.279 e. The number of rotatable bonds is 5. The van der Waals surface area contributed by atoms with Crippen molar-refractivity contribution in [2.75, 3.05) is 7.11 Å². The Morgan fingerprint density at radius 3 is 2.45 bits per heavy atom. The van der Waals surface area contributed by atoms with E-state index in [0.29, 0.717) is 22.9 Å². The minimum Gasteiger partial charge on any atom is -0.497 e. The molecule has 0 saturated heterocycles. The van der Waals surface area contributed by atoms with E-state index in [-0.39, 0.29) is 4.90 Å². The number of sulfonamides is 1. The summed E-state index contributed by atoms with van der Waals surface area (Å²) in [5.74, 6) is 0.684. The number of benzene rings is 3. The molecule has 3 aromatic carbocycles. The van der Waals surface area contributed by atoms with Gasteiger partial charge in [-0.15, -0.1) is 0 Å². The molecular formula is C22H19ClN2O3S. The summed E-state index contributed by atoms with van der Waals surface area (Å²) in [5, 5.41) is 5.04. The summed E-state index contributed by atoms with van der Waals surface area (Å²) in [6.45, 7) is 0. The monoisotopic (exact) mass is 426 g/mol. The molecule has 0 aliphatic carbocycles. The van der Waals surface area contributed by atoms with Crippen molar-refractivity contribution in [3.8, 4) is 5.75 Å². The smallest absolute Gasteiger partial charge is 0.279 e. The summed E-state index contributed by atoms with van der Waals surface area (Å²) in [6.07, 6.45) is 0.406. The highest BCUT2D eigenvalue weighted by atomic mass is 35.5. The predicted octanol–water partition coefficient (Wildman–Crippen LogP) is 4.89. The third-order valence-electron chi connectivity index (χ3n) is 4.83. The van der Waals surface area contributed by atoms with E-state index in [1.165, 1.54) is 4.41 Å². The molecule has 0 fully saturated rings. The first-order valence-corrected chi connectivity index (χ1v) is 10.9. The second kappa shape index (κ2) is 7.89. The predicted molar refractivity (Wildman–Crippen MR) is 114 cm³/mol. The van der Waals surface area contributed by atoms with E-state index in [9.17, 15) is 8.42 Å². The van der Waals surface area contributed by atoms with Gasteiger partial charge in [-0.2, -0.15) is 17.9 Å². The normalized spacial score (nSPS) is 16.6. The Balaban J connectivity index is 1.83. The zero-order chi connectivity index (χ0) is 20.4. The van der Waals surface area contributed by atoms with Crippen LogP contribution in [0.25, 0.3) is 0 Å². The number of halogens is 1. The van der Waals surface area contributed by atoms with Crippen molar-refractivity contribution in [1.82, 2.24) is 4.41 Å². The molecule has 0 aromatic heterocycles. The largest absolute Gasteiger partial charge is 0.497 e. The highest BCUT2D eigenvalue weighted by Crippen LogP contribution is 2.39. The van der Waals surface area contributed by atoms with Gasteiger partial charge in [0.15, 0.2) is 0 Å². The van der Waals surface area contributed by atoms with Gasteiger partial charge in [-0.25, -0.2) is 0 Å². The molecule has 0 unspecified atom stereocenters. The van der Waals surface area contributed by atoms with Crippen molar-refractivity contribution >= 4 is 27.3 Å². The number of ether oxygens (including phenoxy) is 1. The van der Waals surface area contributed by atoms with Gasteiger partial charge in [0.1, 0.15) is 5.75 Å². The van der Waals surface area contributed by atoms with Gasteiger partial charge in [-0.3, -0.25) is 0 Å². The van der Waals surface area contributed by atoms with Gasteiger partial charge in [0.05, 0.1) is 23.8 Å². The topological polar surface area (TPSA) is 59.0 Å². The third kappa shape index (κ3) is 3.73. The van der Waals surface area contributed by atoms with E-state index in [1.54, 1.807) is 43.5 Å². The lowest BCUT2D eigenvalue weighted by Gasteiger charge is -2.24. The maximum absolute atomic E-state index is 13.4. The fraction of sp³-hybridized carbons (Fsp3) is 0.136. The van der Waals surface area contributed by atoms with E-state index in [0.717, 1.165) is 11.1 Å². The van der Waals surface area contributed by atoms with Gasteiger partial charge in [0.2, 0.25) is 0 Å². The van der Waals surface area contributed by atoms with Crippen molar-refractivity contribution in [3.63, 3.8) is 0 Å². The molecular weight excluding hydrogens is 408 g/mol. The van der Waals surface area contributed by atoms with Gasteiger partial charge < -0.3 is 4.74 Å². The van der Waals surface area contributed by atoms with Crippen LogP contribution in [0.15, 0.2) is 88.9 Å². The van der Waals surface area contributed by atoms with Crippen LogP contribution in [0.5, 0.6) is 5.75 Å². The average Bonchev–Trinajstić information content (AvgIpc) is 3.21. The van der Waals surface area contributed by atoms with Crippen molar-refractivity contribution in [1.29, 1.82) is 0 Å². The van der Waals surface area contributed by atoms with Crippen LogP contribution in [0.2, 0.25) is 5.02 Å². The van der Waals surface area contributed by atoms with E-state index in [1.807, 2.05) is 42.5 Å². The highest BCUT2D eigenvalue weighted by molar-refractivity contribution is 7.89. The van der Waals surface area contributed by atoms with Gasteiger partial charge >= 0.3 is 0 Å². The van der Waals surface area contributed by atoms with Crippen molar-refractivity contribution in [2.24, 2.45) is 5.10 Å². The molecule has 1 heterocycles. The van der Waals surface area contributed by atoms with Gasteiger partial charge in [0.25, 0.3) is 10.0 Å². The van der Waals surface area contributed by atoms with Crippen LogP contribution < -0.4 is 4.74 Å². The Bertz CT molecular complexity index is 1160. The molecule has 0 amide bonds. The van der Waals surface area contributed by atoms with E-state index < -0.39 is 16.1 Å². The minimum absolute atomic E-state index is 0.188. The zero-order valence-corrected chi connectivity index (χ0v) is 17.3. The number of hydrogen-bond acceptors (Lipinski definition) is 4. The minimum atomic E-state index is -3.85. The summed E-state index contributed by atoms with van der Waals surface area (Å²) >= 11 is 6.41. The molecule has 0 bridgehead atoms. The molecule has 1 atom stereocenters. The summed E-state index contributed by atoms with van der Waals surface area (Å²) < 4.78 is 33.2. The second-order valence-electron chi connectivity index (χ2n) is 6.61. The Labute approximate surface area is 175 Å². The SMILES string of the molecule is COc1cccc(C2=NN(S(=O)(=O)c3ccccc3)[C@@H](c3ccccc3Cl)C2)c1. The molecule has 5 nitrogen and oxygen atoms in total. The lowest BCUT2D eigenvalue weighted by atomic mass is 9.99. The van der Waals surface area contributed by atoms with Gasteiger partial charge in [-0.05, 0) is 35.9 Å². The van der Waals surface area contributed by atoms with Crippen LogP contribution in [0.4, 0.5) is 0 Å². The molecule has 148 valence electrons. The molecule has 3 aromatic rings. The number of hydrazone groups is 1. The average molecular weight is 427 g/mol. The zero-order valence-electron chi connectivity index (χ0n) is 15.7. The Morgan fingerprint density at radius 1 is 1.00 bits per heavy atom. The first-order chi connectivity index (χ1) is 14.0. The Hall–Kier alpha value is -2.83. The number of nitrogens with zero attached hydrogens (tertiary/aromatic N) is 2. The van der Waals surface area contributed by atoms with Crippen molar-refractivity contribution in [3.05, 3.63) is 95.0 Å². The molecule has 0 saturated carbocycles. The Morgan fingerprint density at radius 2 is 1.72 bits per heavy atom. The molecule has 1 aliphatic heterocycles. The first kappa shape index (κ1) is 19.5. The molecule has 0 spiro atoms. The molecule has 0 N–H and O–H groups in total. The first-order valence-electron chi connectivity index (χ1n) is 9.06. The molecule has 0 radical (unpaired) electrons. The van der Waals surface area contributed by atoms with E-state index >= 15 is 0 Å². The number of hydrogen-bond donors (Lipinski definition) is 0. The molecule has 4 rings (SSSR count). The van der Waals surface area contributed by atoms with E-state index in [4.69, 9.17) is 16.3 Å². The maximum atomic E-state index is 13.4. The standard InChI is InChI=1S/C22H19ClN2O3S/c1-28-17-9-7-8-16(14-17)21-15-22(19-12-5-6-13-20(19)23)25(24-21)29(26,27)18-10-3-2-4-11-18/h2-14,22H,15H2,1H3/t22-/m1/s1. The quantitative estimate of drug-likeness (QED) is 0.583. The van der Waals surface area contributed by atoms with E-state index in [2.05, 4.69) is 5.10 Å². The molecule has 29 heavy (non-hydrogen) atoms. The lowest BCUT2D eigenvalue weighted by Crippen LogP contribution is -2.27. The molecule has 1 aliphatic rings. The van der Waals surface area contributed by atoms with Crippen LogP contribution in [-0.4, -0.2) is 25.7 Å². The van der Waals surface area contributed by atoms with Crippen molar-refractivity contribution in [2.45, 2.75) is 17.4 Å². The van der Waals surface area contributed by atoms with Gasteiger partial charge in [0, 0.05) is 17.0 Å². The summed E-state index contributed by atoms with van der Waals surface area (Å²) in [4.78, 5) is 0.188. The van der Waals surface area contributed by atoms with Crippen LogP contribution in [0, 0.1) is 0 Å². The Kier molecular flexibility index (Phi) is 5.30. The summed E-state index contributed by atoms with van der Waals surface area (Å²) in [6, 6.07) is 22.5. The van der Waals surface area contributed by atoms with Gasteiger partial charge in [-0.1, -0.05) is 60.1 Å². The van der Waals surface area contributed by atoms with Crippen molar-refractivity contribution < 1.29 is 13.2 Å². The highest BCUT2D eigenvalue weighted by Gasteiger charge is 2.38. The van der Waals surface area contributed by atoms with Crippen LogP contribution in [0.1, 0.15) is 23.6 Å². The lowest BCUT2D eigenvalue weighted by molar-refractivity contribution is 0.371. The summed E-state index contributed by atoms with van der Waals surface area (Å²) in [7, 11) is -2.26. The van der Waals surface area contributed by atoms with Crippen LogP contribution in [-0.2, 0) is 10.0 Å².